The number of hydrogen-bond donors (Lipinski definition) is 1. The molecule has 0 bridgehead atoms. The summed E-state index contributed by atoms with van der Waals surface area (Å²) in [4.78, 5) is 16.0. The average Bonchev–Trinajstić information content (AvgIpc) is 2.53. The maximum absolute atomic E-state index is 12.1. The molecule has 2 aromatic rings. The van der Waals surface area contributed by atoms with Crippen LogP contribution in [-0.4, -0.2) is 24.5 Å². The van der Waals surface area contributed by atoms with Crippen molar-refractivity contribution in [2.75, 3.05) is 13.7 Å². The minimum Gasteiger partial charge on any atom is -0.494 e. The van der Waals surface area contributed by atoms with E-state index in [9.17, 15) is 4.79 Å². The first kappa shape index (κ1) is 14.3. The van der Waals surface area contributed by atoms with E-state index in [0.717, 1.165) is 5.56 Å². The molecule has 1 unspecified atom stereocenters. The van der Waals surface area contributed by atoms with Crippen molar-refractivity contribution >= 4 is 17.5 Å². The molecule has 1 N–H and O–H groups in total. The number of hydrogen-bond acceptors (Lipinski definition) is 3. The third-order valence-corrected chi connectivity index (χ3v) is 3.26. The van der Waals surface area contributed by atoms with Crippen LogP contribution >= 0.6 is 11.6 Å². The fourth-order valence-corrected chi connectivity index (χ4v) is 2.01. The summed E-state index contributed by atoms with van der Waals surface area (Å²) in [5.41, 5.74) is 1.41. The molecule has 4 nitrogen and oxygen atoms in total. The van der Waals surface area contributed by atoms with Crippen LogP contribution in [0.25, 0.3) is 0 Å². The lowest BCUT2D eigenvalue weighted by Gasteiger charge is -2.12. The molecule has 0 aliphatic rings. The Morgan fingerprint density at radius 2 is 2.10 bits per heavy atom. The lowest BCUT2D eigenvalue weighted by molar-refractivity contribution is 0.0950. The van der Waals surface area contributed by atoms with Crippen LogP contribution in [-0.2, 0) is 0 Å². The summed E-state index contributed by atoms with van der Waals surface area (Å²) >= 11 is 6.25. The zero-order valence-electron chi connectivity index (χ0n) is 11.0. The molecule has 5 heteroatoms. The van der Waals surface area contributed by atoms with Crippen LogP contribution in [0.4, 0.5) is 0 Å². The van der Waals surface area contributed by atoms with Crippen LogP contribution in [0.2, 0.25) is 0 Å². The molecule has 0 aliphatic heterocycles. The summed E-state index contributed by atoms with van der Waals surface area (Å²) in [6.45, 7) is 0.343. The first-order valence-corrected chi connectivity index (χ1v) is 6.61. The van der Waals surface area contributed by atoms with Crippen LogP contribution in [0.15, 0.2) is 48.8 Å². The van der Waals surface area contributed by atoms with E-state index >= 15 is 0 Å². The third-order valence-electron chi connectivity index (χ3n) is 2.85. The molecule has 1 amide bonds. The van der Waals surface area contributed by atoms with E-state index in [4.69, 9.17) is 16.3 Å². The quantitative estimate of drug-likeness (QED) is 0.862. The number of rotatable bonds is 5. The lowest BCUT2D eigenvalue weighted by atomic mass is 10.1. The molecule has 0 aliphatic carbocycles. The number of carbonyl (C=O) groups excluding carboxylic acids is 1. The molecule has 0 saturated heterocycles. The van der Waals surface area contributed by atoms with Gasteiger partial charge in [0.1, 0.15) is 5.75 Å². The van der Waals surface area contributed by atoms with E-state index in [0.29, 0.717) is 17.9 Å². The molecular weight excluding hydrogens is 276 g/mol. The highest BCUT2D eigenvalue weighted by atomic mass is 35.5. The highest BCUT2D eigenvalue weighted by Crippen LogP contribution is 2.20. The molecule has 0 spiro atoms. The van der Waals surface area contributed by atoms with Gasteiger partial charge >= 0.3 is 0 Å². The number of alkyl halides is 1. The second-order valence-electron chi connectivity index (χ2n) is 4.16. The van der Waals surface area contributed by atoms with Crippen molar-refractivity contribution in [2.24, 2.45) is 0 Å². The SMILES string of the molecule is COc1cnccc1C(=O)NCC(Cl)c1ccccc1. The minimum atomic E-state index is -0.270. The predicted molar refractivity (Wildman–Crippen MR) is 78.2 cm³/mol. The van der Waals surface area contributed by atoms with Gasteiger partial charge in [-0.3, -0.25) is 9.78 Å². The monoisotopic (exact) mass is 290 g/mol. The number of nitrogens with one attached hydrogen (secondary N) is 1. The second kappa shape index (κ2) is 6.91. The van der Waals surface area contributed by atoms with Crippen molar-refractivity contribution in [3.8, 4) is 5.75 Å². The molecule has 0 radical (unpaired) electrons. The van der Waals surface area contributed by atoms with Crippen molar-refractivity contribution < 1.29 is 9.53 Å². The minimum absolute atomic E-state index is 0.231. The fourth-order valence-electron chi connectivity index (χ4n) is 1.79. The standard InChI is InChI=1S/C15H15ClN2O2/c1-20-14-10-17-8-7-12(14)15(19)18-9-13(16)11-5-3-2-4-6-11/h2-8,10,13H,9H2,1H3,(H,18,19). The Kier molecular flexibility index (Phi) is 4.96. The third kappa shape index (κ3) is 3.48. The van der Waals surface area contributed by atoms with Crippen molar-refractivity contribution in [1.29, 1.82) is 0 Å². The van der Waals surface area contributed by atoms with Gasteiger partial charge in [-0.15, -0.1) is 11.6 Å². The number of benzene rings is 1. The lowest BCUT2D eigenvalue weighted by Crippen LogP contribution is -2.27. The number of amides is 1. The molecule has 2 rings (SSSR count). The van der Waals surface area contributed by atoms with Crippen molar-refractivity contribution in [1.82, 2.24) is 10.3 Å². The largest absolute Gasteiger partial charge is 0.494 e. The van der Waals surface area contributed by atoms with Crippen molar-refractivity contribution in [2.45, 2.75) is 5.38 Å². The molecule has 20 heavy (non-hydrogen) atoms. The van der Waals surface area contributed by atoms with Gasteiger partial charge in [0.15, 0.2) is 0 Å². The average molecular weight is 291 g/mol. The maximum Gasteiger partial charge on any atom is 0.255 e. The zero-order chi connectivity index (χ0) is 14.4. The number of methoxy groups -OCH3 is 1. The topological polar surface area (TPSA) is 51.2 Å². The summed E-state index contributed by atoms with van der Waals surface area (Å²) < 4.78 is 5.10. The van der Waals surface area contributed by atoms with Gasteiger partial charge in [-0.05, 0) is 11.6 Å². The molecule has 0 fully saturated rings. The van der Waals surface area contributed by atoms with Gasteiger partial charge in [0.05, 0.1) is 24.2 Å². The van der Waals surface area contributed by atoms with Crippen LogP contribution in [0.1, 0.15) is 21.3 Å². The van der Waals surface area contributed by atoms with E-state index < -0.39 is 0 Å². The van der Waals surface area contributed by atoms with Crippen LogP contribution in [0.5, 0.6) is 5.75 Å². The van der Waals surface area contributed by atoms with Gasteiger partial charge in [-0.25, -0.2) is 0 Å². The first-order valence-electron chi connectivity index (χ1n) is 6.17. The Morgan fingerprint density at radius 3 is 2.80 bits per heavy atom. The molecule has 1 aromatic heterocycles. The van der Waals surface area contributed by atoms with Gasteiger partial charge < -0.3 is 10.1 Å². The molecule has 1 heterocycles. The number of pyridine rings is 1. The van der Waals surface area contributed by atoms with E-state index in [2.05, 4.69) is 10.3 Å². The highest BCUT2D eigenvalue weighted by Gasteiger charge is 2.14. The maximum atomic E-state index is 12.1. The number of halogens is 1. The zero-order valence-corrected chi connectivity index (χ0v) is 11.8. The summed E-state index contributed by atoms with van der Waals surface area (Å²) in [6, 6.07) is 11.2. The predicted octanol–water partition coefficient (Wildman–Crippen LogP) is 2.80. The van der Waals surface area contributed by atoms with Gasteiger partial charge in [-0.2, -0.15) is 0 Å². The van der Waals surface area contributed by atoms with Gasteiger partial charge in [0.25, 0.3) is 5.91 Å². The summed E-state index contributed by atoms with van der Waals surface area (Å²) in [7, 11) is 1.50. The van der Waals surface area contributed by atoms with Gasteiger partial charge in [-0.1, -0.05) is 30.3 Å². The molecular formula is C15H15ClN2O2. The Balaban J connectivity index is 1.99. The summed E-state index contributed by atoms with van der Waals surface area (Å²) in [5.74, 6) is 0.210. The smallest absolute Gasteiger partial charge is 0.255 e. The second-order valence-corrected chi connectivity index (χ2v) is 4.69. The molecule has 104 valence electrons. The van der Waals surface area contributed by atoms with Crippen molar-refractivity contribution in [3.63, 3.8) is 0 Å². The Bertz CT molecular complexity index is 575. The van der Waals surface area contributed by atoms with Crippen LogP contribution < -0.4 is 10.1 Å². The Labute approximate surface area is 122 Å². The normalized spacial score (nSPS) is 11.7. The summed E-state index contributed by atoms with van der Waals surface area (Å²) in [6.07, 6.45) is 3.05. The number of nitrogens with zero attached hydrogens (tertiary/aromatic N) is 1. The fraction of sp³-hybridized carbons (Fsp3) is 0.200. The molecule has 1 aromatic carbocycles. The molecule has 0 saturated carbocycles. The van der Waals surface area contributed by atoms with Crippen molar-refractivity contribution in [3.05, 3.63) is 59.9 Å². The van der Waals surface area contributed by atoms with Gasteiger partial charge in [0, 0.05) is 12.7 Å². The van der Waals surface area contributed by atoms with Crippen LogP contribution in [0.3, 0.4) is 0 Å². The molecule has 1 atom stereocenters. The van der Waals surface area contributed by atoms with Gasteiger partial charge in [0.2, 0.25) is 0 Å². The van der Waals surface area contributed by atoms with Crippen LogP contribution in [0, 0.1) is 0 Å². The van der Waals surface area contributed by atoms with E-state index in [1.54, 1.807) is 12.3 Å². The highest BCUT2D eigenvalue weighted by molar-refractivity contribution is 6.21. The van der Waals surface area contributed by atoms with E-state index in [-0.39, 0.29) is 11.3 Å². The number of aromatic nitrogens is 1. The first-order chi connectivity index (χ1) is 9.72. The van der Waals surface area contributed by atoms with E-state index in [1.165, 1.54) is 13.3 Å². The number of carbonyl (C=O) groups is 1. The Morgan fingerprint density at radius 1 is 1.35 bits per heavy atom. The summed E-state index contributed by atoms with van der Waals surface area (Å²) in [5, 5.41) is 2.52. The number of ether oxygens (including phenoxy) is 1. The Hall–Kier alpha value is -2.07. The van der Waals surface area contributed by atoms with E-state index in [1.807, 2.05) is 30.3 Å².